The number of hydrogen-bond acceptors (Lipinski definition) is 3. The van der Waals surface area contributed by atoms with Gasteiger partial charge in [-0.1, -0.05) is 72.8 Å². The van der Waals surface area contributed by atoms with Crippen LogP contribution in [0.3, 0.4) is 0 Å². The Labute approximate surface area is 186 Å². The fourth-order valence-electron chi connectivity index (χ4n) is 4.29. The van der Waals surface area contributed by atoms with Crippen molar-refractivity contribution in [3.8, 4) is 0 Å². The normalized spacial score (nSPS) is 13.1. The van der Waals surface area contributed by atoms with E-state index < -0.39 is 0 Å². The Morgan fingerprint density at radius 3 is 2.59 bits per heavy atom. The summed E-state index contributed by atoms with van der Waals surface area (Å²) in [5.41, 5.74) is 3.78. The molecule has 3 aromatic carbocycles. The minimum Gasteiger partial charge on any atom is -0.337 e. The van der Waals surface area contributed by atoms with Crippen LogP contribution in [0, 0.1) is 0 Å². The molecule has 0 atom stereocenters. The number of hydrogen-bond donors (Lipinski definition) is 2. The van der Waals surface area contributed by atoms with E-state index in [1.54, 1.807) is 0 Å². The summed E-state index contributed by atoms with van der Waals surface area (Å²) >= 11 is 0. The van der Waals surface area contributed by atoms with Gasteiger partial charge in [0.05, 0.1) is 25.1 Å². The Balaban J connectivity index is 1.28. The molecule has 0 aliphatic carbocycles. The summed E-state index contributed by atoms with van der Waals surface area (Å²) in [4.78, 5) is 27.5. The zero-order chi connectivity index (χ0) is 21.9. The minimum atomic E-state index is -0.111. The lowest BCUT2D eigenvalue weighted by atomic mass is 10.0. The molecule has 160 valence electrons. The Morgan fingerprint density at radius 1 is 0.938 bits per heavy atom. The molecule has 1 aliphatic rings. The maximum absolute atomic E-state index is 12.8. The third kappa shape index (κ3) is 4.12. The molecular weight excluding hydrogens is 400 g/mol. The molecule has 0 saturated heterocycles. The highest BCUT2D eigenvalue weighted by Crippen LogP contribution is 2.25. The first kappa shape index (κ1) is 20.0. The summed E-state index contributed by atoms with van der Waals surface area (Å²) in [5.74, 6) is 0.555. The summed E-state index contributed by atoms with van der Waals surface area (Å²) in [5, 5.41) is 12.5. The topological polar surface area (TPSA) is 78.1 Å². The molecule has 4 aromatic rings. The van der Waals surface area contributed by atoms with Crippen molar-refractivity contribution in [1.29, 1.82) is 0 Å². The van der Waals surface area contributed by atoms with Crippen LogP contribution < -0.4 is 5.32 Å². The first-order chi connectivity index (χ1) is 15.7. The van der Waals surface area contributed by atoms with E-state index in [2.05, 4.69) is 15.5 Å². The van der Waals surface area contributed by atoms with Crippen LogP contribution in [0.2, 0.25) is 0 Å². The highest BCUT2D eigenvalue weighted by atomic mass is 16.2. The molecule has 32 heavy (non-hydrogen) atoms. The second kappa shape index (κ2) is 8.67. The number of amides is 2. The average molecular weight is 425 g/mol. The first-order valence-electron chi connectivity index (χ1n) is 10.8. The second-order valence-electron chi connectivity index (χ2n) is 8.11. The third-order valence-electron chi connectivity index (χ3n) is 5.97. The molecule has 0 radical (unpaired) electrons. The standard InChI is InChI=1S/C26H24N4O2/c31-24(16-20-11-6-10-19-9-4-5-12-21(19)20)27-26-22-17-30(14-13-23(22)28-29-26)25(32)15-18-7-2-1-3-8-18/h1-12H,13-17H2,(H2,27,28,29,31). The van der Waals surface area contributed by atoms with Crippen LogP contribution >= 0.6 is 0 Å². The number of fused-ring (bicyclic) bond motifs is 2. The molecule has 2 amide bonds. The molecular formula is C26H24N4O2. The fourth-order valence-corrected chi connectivity index (χ4v) is 4.29. The minimum absolute atomic E-state index is 0.0797. The number of carbonyl (C=O) groups is 2. The molecule has 0 saturated carbocycles. The smallest absolute Gasteiger partial charge is 0.229 e. The van der Waals surface area contributed by atoms with E-state index in [-0.39, 0.29) is 18.2 Å². The Kier molecular flexibility index (Phi) is 5.42. The van der Waals surface area contributed by atoms with Gasteiger partial charge in [0.25, 0.3) is 0 Å². The summed E-state index contributed by atoms with van der Waals surface area (Å²) < 4.78 is 0. The molecule has 0 unspecified atom stereocenters. The largest absolute Gasteiger partial charge is 0.337 e. The van der Waals surface area contributed by atoms with Gasteiger partial charge in [0.2, 0.25) is 11.8 Å². The predicted octanol–water partition coefficient (Wildman–Crippen LogP) is 3.87. The number of aromatic amines is 1. The molecule has 0 spiro atoms. The molecule has 0 fully saturated rings. The van der Waals surface area contributed by atoms with Crippen molar-refractivity contribution in [1.82, 2.24) is 15.1 Å². The maximum atomic E-state index is 12.8. The number of nitrogens with zero attached hydrogens (tertiary/aromatic N) is 2. The third-order valence-corrected chi connectivity index (χ3v) is 5.97. The van der Waals surface area contributed by atoms with Gasteiger partial charge in [-0.15, -0.1) is 0 Å². The lowest BCUT2D eigenvalue weighted by molar-refractivity contribution is -0.131. The van der Waals surface area contributed by atoms with Gasteiger partial charge in [0.1, 0.15) is 5.82 Å². The van der Waals surface area contributed by atoms with E-state index >= 15 is 0 Å². The summed E-state index contributed by atoms with van der Waals surface area (Å²) in [7, 11) is 0. The molecule has 6 nitrogen and oxygen atoms in total. The number of anilines is 1. The van der Waals surface area contributed by atoms with Crippen LogP contribution in [-0.2, 0) is 35.4 Å². The van der Waals surface area contributed by atoms with Gasteiger partial charge < -0.3 is 10.2 Å². The Morgan fingerprint density at radius 2 is 1.72 bits per heavy atom. The molecule has 2 N–H and O–H groups in total. The number of rotatable bonds is 5. The average Bonchev–Trinajstić information content (AvgIpc) is 3.22. The highest BCUT2D eigenvalue weighted by Gasteiger charge is 2.26. The van der Waals surface area contributed by atoms with Crippen molar-refractivity contribution in [3.63, 3.8) is 0 Å². The molecule has 6 heteroatoms. The van der Waals surface area contributed by atoms with Gasteiger partial charge in [-0.05, 0) is 21.9 Å². The summed E-state index contributed by atoms with van der Waals surface area (Å²) in [6.45, 7) is 1.08. The van der Waals surface area contributed by atoms with E-state index in [0.717, 1.165) is 33.2 Å². The zero-order valence-electron chi connectivity index (χ0n) is 17.7. The van der Waals surface area contributed by atoms with E-state index in [1.807, 2.05) is 77.7 Å². The highest BCUT2D eigenvalue weighted by molar-refractivity contribution is 5.96. The van der Waals surface area contributed by atoms with Crippen LogP contribution in [0.15, 0.2) is 72.8 Å². The lowest BCUT2D eigenvalue weighted by Crippen LogP contribution is -2.37. The monoisotopic (exact) mass is 424 g/mol. The van der Waals surface area contributed by atoms with Gasteiger partial charge in [-0.3, -0.25) is 14.7 Å². The van der Waals surface area contributed by atoms with E-state index in [1.165, 1.54) is 0 Å². The summed E-state index contributed by atoms with van der Waals surface area (Å²) in [6.07, 6.45) is 1.31. The van der Waals surface area contributed by atoms with E-state index in [0.29, 0.717) is 31.7 Å². The first-order valence-corrected chi connectivity index (χ1v) is 10.8. The van der Waals surface area contributed by atoms with Crippen molar-refractivity contribution in [2.75, 3.05) is 11.9 Å². The van der Waals surface area contributed by atoms with Gasteiger partial charge >= 0.3 is 0 Å². The number of nitrogens with one attached hydrogen (secondary N) is 2. The van der Waals surface area contributed by atoms with Gasteiger partial charge in [-0.25, -0.2) is 0 Å². The Hall–Kier alpha value is -3.93. The van der Waals surface area contributed by atoms with Crippen LogP contribution in [0.5, 0.6) is 0 Å². The van der Waals surface area contributed by atoms with Crippen molar-refractivity contribution in [2.24, 2.45) is 0 Å². The van der Waals surface area contributed by atoms with E-state index in [9.17, 15) is 9.59 Å². The van der Waals surface area contributed by atoms with E-state index in [4.69, 9.17) is 0 Å². The van der Waals surface area contributed by atoms with Gasteiger partial charge in [0, 0.05) is 18.5 Å². The number of carbonyl (C=O) groups excluding carboxylic acids is 2. The van der Waals surface area contributed by atoms with Crippen molar-refractivity contribution >= 4 is 28.4 Å². The Bertz CT molecular complexity index is 1270. The zero-order valence-corrected chi connectivity index (χ0v) is 17.7. The fraction of sp³-hybridized carbons (Fsp3) is 0.192. The van der Waals surface area contributed by atoms with Crippen LogP contribution in [0.1, 0.15) is 22.4 Å². The quantitative estimate of drug-likeness (QED) is 0.511. The molecule has 0 bridgehead atoms. The molecule has 1 aliphatic heterocycles. The van der Waals surface area contributed by atoms with Crippen LogP contribution in [0.4, 0.5) is 5.82 Å². The molecule has 1 aromatic heterocycles. The predicted molar refractivity (Wildman–Crippen MR) is 124 cm³/mol. The van der Waals surface area contributed by atoms with Crippen LogP contribution in [-0.4, -0.2) is 33.5 Å². The maximum Gasteiger partial charge on any atom is 0.229 e. The van der Waals surface area contributed by atoms with Crippen molar-refractivity contribution in [2.45, 2.75) is 25.8 Å². The lowest BCUT2D eigenvalue weighted by Gasteiger charge is -2.27. The SMILES string of the molecule is O=C(Cc1cccc2ccccc12)Nc1[nH]nc2c1CN(C(=O)Cc1ccccc1)CC2. The van der Waals surface area contributed by atoms with Crippen molar-refractivity contribution in [3.05, 3.63) is 95.2 Å². The number of aromatic nitrogens is 2. The van der Waals surface area contributed by atoms with Crippen LogP contribution in [0.25, 0.3) is 10.8 Å². The van der Waals surface area contributed by atoms with Gasteiger partial charge in [-0.2, -0.15) is 5.10 Å². The van der Waals surface area contributed by atoms with Gasteiger partial charge in [0.15, 0.2) is 0 Å². The second-order valence-corrected chi connectivity index (χ2v) is 8.11. The molecule has 5 rings (SSSR count). The summed E-state index contributed by atoms with van der Waals surface area (Å²) in [6, 6.07) is 23.8. The molecule has 2 heterocycles. The number of benzene rings is 3. The number of H-pyrrole nitrogens is 1. The van der Waals surface area contributed by atoms with Crippen molar-refractivity contribution < 1.29 is 9.59 Å².